The fourth-order valence-electron chi connectivity index (χ4n) is 2.85. The summed E-state index contributed by atoms with van der Waals surface area (Å²) in [7, 11) is 0. The Morgan fingerprint density at radius 3 is 2.86 bits per heavy atom. The molecule has 1 aliphatic rings. The number of benzene rings is 2. The molecule has 3 nitrogen and oxygen atoms in total. The van der Waals surface area contributed by atoms with Crippen molar-refractivity contribution in [3.8, 4) is 5.75 Å². The van der Waals surface area contributed by atoms with E-state index in [1.165, 1.54) is 18.2 Å². The number of hydrogen-bond donors (Lipinski definition) is 1. The summed E-state index contributed by atoms with van der Waals surface area (Å²) >= 11 is 0. The first-order valence-electron chi connectivity index (χ1n) is 7.82. The molecular formula is C18H23NO2. The lowest BCUT2D eigenvalue weighted by molar-refractivity contribution is 0.0674. The van der Waals surface area contributed by atoms with Crippen LogP contribution < -0.4 is 10.1 Å². The Morgan fingerprint density at radius 1 is 1.05 bits per heavy atom. The van der Waals surface area contributed by atoms with Crippen molar-refractivity contribution in [1.82, 2.24) is 5.32 Å². The van der Waals surface area contributed by atoms with Gasteiger partial charge in [-0.1, -0.05) is 36.4 Å². The van der Waals surface area contributed by atoms with E-state index < -0.39 is 0 Å². The molecule has 1 atom stereocenters. The minimum atomic E-state index is 0.605. The minimum Gasteiger partial charge on any atom is -0.491 e. The van der Waals surface area contributed by atoms with Gasteiger partial charge in [0.05, 0.1) is 13.2 Å². The van der Waals surface area contributed by atoms with Crippen LogP contribution in [0, 0.1) is 5.92 Å². The Morgan fingerprint density at radius 2 is 1.95 bits per heavy atom. The zero-order valence-electron chi connectivity index (χ0n) is 12.4. The molecule has 0 aliphatic carbocycles. The van der Waals surface area contributed by atoms with Gasteiger partial charge in [-0.2, -0.15) is 0 Å². The van der Waals surface area contributed by atoms with E-state index >= 15 is 0 Å². The summed E-state index contributed by atoms with van der Waals surface area (Å²) in [4.78, 5) is 0. The molecule has 1 aliphatic heterocycles. The Balaban J connectivity index is 1.44. The molecule has 0 saturated carbocycles. The van der Waals surface area contributed by atoms with Crippen molar-refractivity contribution in [3.63, 3.8) is 0 Å². The molecule has 0 radical (unpaired) electrons. The average molecular weight is 285 g/mol. The highest BCUT2D eigenvalue weighted by molar-refractivity contribution is 5.88. The van der Waals surface area contributed by atoms with Gasteiger partial charge in [-0.15, -0.1) is 0 Å². The lowest BCUT2D eigenvalue weighted by Crippen LogP contribution is -2.32. The fraction of sp³-hybridized carbons (Fsp3) is 0.444. The Kier molecular flexibility index (Phi) is 5.08. The van der Waals surface area contributed by atoms with E-state index in [-0.39, 0.29) is 0 Å². The topological polar surface area (TPSA) is 30.5 Å². The van der Waals surface area contributed by atoms with Crippen LogP contribution in [0.5, 0.6) is 5.75 Å². The van der Waals surface area contributed by atoms with Gasteiger partial charge in [-0.3, -0.25) is 0 Å². The van der Waals surface area contributed by atoms with Gasteiger partial charge in [0, 0.05) is 11.9 Å². The first-order valence-corrected chi connectivity index (χ1v) is 7.82. The van der Waals surface area contributed by atoms with Gasteiger partial charge in [0.1, 0.15) is 12.4 Å². The standard InChI is InChI=1S/C18H23NO2/c1-2-8-17-16(6-1)7-3-9-18(17)21-12-11-20-14-15-5-4-10-19-13-15/h1-3,6-9,15,19H,4-5,10-14H2. The molecule has 1 saturated heterocycles. The lowest BCUT2D eigenvalue weighted by Gasteiger charge is -2.22. The number of hydrogen-bond acceptors (Lipinski definition) is 3. The second-order valence-electron chi connectivity index (χ2n) is 5.61. The maximum atomic E-state index is 5.87. The molecule has 0 spiro atoms. The number of nitrogens with one attached hydrogen (secondary N) is 1. The van der Waals surface area contributed by atoms with E-state index in [1.54, 1.807) is 0 Å². The van der Waals surface area contributed by atoms with Gasteiger partial charge >= 0.3 is 0 Å². The molecule has 2 aromatic rings. The van der Waals surface area contributed by atoms with E-state index in [4.69, 9.17) is 9.47 Å². The van der Waals surface area contributed by atoms with Crippen LogP contribution >= 0.6 is 0 Å². The van der Waals surface area contributed by atoms with Gasteiger partial charge in [0.25, 0.3) is 0 Å². The van der Waals surface area contributed by atoms with Crippen molar-refractivity contribution < 1.29 is 9.47 Å². The average Bonchev–Trinajstić information content (AvgIpc) is 2.56. The van der Waals surface area contributed by atoms with E-state index in [9.17, 15) is 0 Å². The number of piperidine rings is 1. The molecule has 0 amide bonds. The first-order chi connectivity index (χ1) is 10.4. The van der Waals surface area contributed by atoms with Crippen LogP contribution in [0.25, 0.3) is 10.8 Å². The zero-order valence-corrected chi connectivity index (χ0v) is 12.4. The summed E-state index contributed by atoms with van der Waals surface area (Å²) in [5.41, 5.74) is 0. The molecule has 3 rings (SSSR count). The van der Waals surface area contributed by atoms with Crippen molar-refractivity contribution in [2.45, 2.75) is 12.8 Å². The van der Waals surface area contributed by atoms with Crippen molar-refractivity contribution >= 4 is 10.8 Å². The summed E-state index contributed by atoms with van der Waals surface area (Å²) < 4.78 is 11.6. The molecule has 1 unspecified atom stereocenters. The van der Waals surface area contributed by atoms with Gasteiger partial charge < -0.3 is 14.8 Å². The second kappa shape index (κ2) is 7.43. The third-order valence-electron chi connectivity index (χ3n) is 3.99. The highest BCUT2D eigenvalue weighted by Gasteiger charge is 2.12. The fourth-order valence-corrected chi connectivity index (χ4v) is 2.85. The molecule has 1 fully saturated rings. The smallest absolute Gasteiger partial charge is 0.127 e. The summed E-state index contributed by atoms with van der Waals surface area (Å²) in [6, 6.07) is 14.5. The third kappa shape index (κ3) is 3.96. The molecule has 0 bridgehead atoms. The highest BCUT2D eigenvalue weighted by Crippen LogP contribution is 2.24. The lowest BCUT2D eigenvalue weighted by atomic mass is 10.0. The second-order valence-corrected chi connectivity index (χ2v) is 5.61. The monoisotopic (exact) mass is 285 g/mol. The number of ether oxygens (including phenoxy) is 2. The first kappa shape index (κ1) is 14.4. The van der Waals surface area contributed by atoms with Crippen LogP contribution in [0.2, 0.25) is 0 Å². The van der Waals surface area contributed by atoms with E-state index in [0.717, 1.165) is 30.8 Å². The van der Waals surface area contributed by atoms with Crippen LogP contribution in [0.15, 0.2) is 42.5 Å². The maximum absolute atomic E-state index is 5.87. The predicted molar refractivity (Wildman–Crippen MR) is 85.9 cm³/mol. The molecule has 1 heterocycles. The zero-order chi connectivity index (χ0) is 14.3. The minimum absolute atomic E-state index is 0.605. The van der Waals surface area contributed by atoms with Crippen molar-refractivity contribution in [3.05, 3.63) is 42.5 Å². The Labute approximate surface area is 126 Å². The van der Waals surface area contributed by atoms with E-state index in [2.05, 4.69) is 23.5 Å². The normalized spacial score (nSPS) is 18.8. The summed E-state index contributed by atoms with van der Waals surface area (Å²) in [6.07, 6.45) is 2.54. The molecule has 1 N–H and O–H groups in total. The van der Waals surface area contributed by atoms with E-state index in [1.807, 2.05) is 24.3 Å². The van der Waals surface area contributed by atoms with Crippen LogP contribution in [0.1, 0.15) is 12.8 Å². The van der Waals surface area contributed by atoms with Crippen molar-refractivity contribution in [2.24, 2.45) is 5.92 Å². The number of rotatable bonds is 6. The summed E-state index contributed by atoms with van der Waals surface area (Å²) in [6.45, 7) is 4.34. The Hall–Kier alpha value is -1.58. The van der Waals surface area contributed by atoms with Crippen LogP contribution in [-0.2, 0) is 4.74 Å². The molecule has 112 valence electrons. The summed E-state index contributed by atoms with van der Waals surface area (Å²) in [5.74, 6) is 1.60. The van der Waals surface area contributed by atoms with Gasteiger partial charge in [0.15, 0.2) is 0 Å². The molecule has 3 heteroatoms. The van der Waals surface area contributed by atoms with Crippen molar-refractivity contribution in [1.29, 1.82) is 0 Å². The van der Waals surface area contributed by atoms with Gasteiger partial charge in [-0.05, 0) is 36.8 Å². The Bertz CT molecular complexity index is 559. The largest absolute Gasteiger partial charge is 0.491 e. The van der Waals surface area contributed by atoms with Gasteiger partial charge in [-0.25, -0.2) is 0 Å². The van der Waals surface area contributed by atoms with Crippen LogP contribution in [-0.4, -0.2) is 32.9 Å². The molecular weight excluding hydrogens is 262 g/mol. The van der Waals surface area contributed by atoms with Crippen LogP contribution in [0.4, 0.5) is 0 Å². The molecule has 21 heavy (non-hydrogen) atoms. The molecule has 2 aromatic carbocycles. The van der Waals surface area contributed by atoms with E-state index in [0.29, 0.717) is 19.1 Å². The predicted octanol–water partition coefficient (Wildman–Crippen LogP) is 3.23. The van der Waals surface area contributed by atoms with Crippen LogP contribution in [0.3, 0.4) is 0 Å². The number of fused-ring (bicyclic) bond motifs is 1. The molecule has 0 aromatic heterocycles. The SMILES string of the molecule is c1ccc2c(OCCOCC3CCCNC3)cccc2c1. The third-order valence-corrected chi connectivity index (χ3v) is 3.99. The quantitative estimate of drug-likeness (QED) is 0.827. The van der Waals surface area contributed by atoms with Crippen molar-refractivity contribution in [2.75, 3.05) is 32.9 Å². The van der Waals surface area contributed by atoms with Gasteiger partial charge in [0.2, 0.25) is 0 Å². The maximum Gasteiger partial charge on any atom is 0.127 e. The summed E-state index contributed by atoms with van der Waals surface area (Å²) in [5, 5.41) is 5.79. The highest BCUT2D eigenvalue weighted by atomic mass is 16.5.